The van der Waals surface area contributed by atoms with Gasteiger partial charge < -0.3 is 15.4 Å². The molecule has 100 valence electrons. The van der Waals surface area contributed by atoms with Gasteiger partial charge in [-0.1, -0.05) is 0 Å². The number of aromatic nitrogens is 4. The van der Waals surface area contributed by atoms with Crippen molar-refractivity contribution in [2.75, 3.05) is 0 Å². The Morgan fingerprint density at radius 2 is 2.26 bits per heavy atom. The second kappa shape index (κ2) is 5.34. The summed E-state index contributed by atoms with van der Waals surface area (Å²) in [6.45, 7) is 1.69. The van der Waals surface area contributed by atoms with E-state index in [2.05, 4.69) is 25.5 Å². The highest BCUT2D eigenvalue weighted by Gasteiger charge is 2.22. The van der Waals surface area contributed by atoms with Gasteiger partial charge >= 0.3 is 5.97 Å². The molecule has 0 aromatic carbocycles. The average molecular weight is 263 g/mol. The molecule has 0 radical (unpaired) electrons. The Balaban J connectivity index is 2.07. The predicted molar refractivity (Wildman–Crippen MR) is 64.5 cm³/mol. The highest BCUT2D eigenvalue weighted by Crippen LogP contribution is 2.05. The molecule has 8 heteroatoms. The first kappa shape index (κ1) is 12.8. The second-order valence-corrected chi connectivity index (χ2v) is 4.05. The summed E-state index contributed by atoms with van der Waals surface area (Å²) < 4.78 is 0. The number of imidazole rings is 1. The third kappa shape index (κ3) is 2.97. The number of hydrogen-bond donors (Lipinski definition) is 4. The SMILES string of the molecule is Cc1[nH]ncc1C(=O)NC(Cc1cnc[nH]1)C(=O)O. The molecule has 2 aromatic heterocycles. The molecule has 19 heavy (non-hydrogen) atoms. The first-order valence-electron chi connectivity index (χ1n) is 5.59. The van der Waals surface area contributed by atoms with E-state index < -0.39 is 17.9 Å². The summed E-state index contributed by atoms with van der Waals surface area (Å²) in [5, 5.41) is 17.9. The Bertz CT molecular complexity index is 575. The molecule has 0 spiro atoms. The molecule has 0 saturated carbocycles. The van der Waals surface area contributed by atoms with Gasteiger partial charge in [0.15, 0.2) is 0 Å². The molecular formula is C11H13N5O3. The number of aromatic amines is 2. The van der Waals surface area contributed by atoms with E-state index in [4.69, 9.17) is 5.11 Å². The maximum absolute atomic E-state index is 11.9. The molecule has 1 unspecified atom stereocenters. The molecule has 0 aliphatic carbocycles. The van der Waals surface area contributed by atoms with Crippen LogP contribution in [-0.4, -0.2) is 43.2 Å². The number of hydrogen-bond acceptors (Lipinski definition) is 4. The van der Waals surface area contributed by atoms with E-state index >= 15 is 0 Å². The van der Waals surface area contributed by atoms with Crippen molar-refractivity contribution in [1.29, 1.82) is 0 Å². The van der Waals surface area contributed by atoms with Crippen LogP contribution in [0.4, 0.5) is 0 Å². The summed E-state index contributed by atoms with van der Waals surface area (Å²) in [6.07, 6.45) is 4.47. The molecular weight excluding hydrogens is 250 g/mol. The number of aryl methyl sites for hydroxylation is 1. The fourth-order valence-corrected chi connectivity index (χ4v) is 1.63. The standard InChI is InChI=1S/C11H13N5O3/c1-6-8(4-14-16-6)10(17)15-9(11(18)19)2-7-3-12-5-13-7/h3-5,9H,2H2,1H3,(H,12,13)(H,14,16)(H,15,17)(H,18,19). The second-order valence-electron chi connectivity index (χ2n) is 4.05. The van der Waals surface area contributed by atoms with Crippen molar-refractivity contribution in [3.63, 3.8) is 0 Å². The van der Waals surface area contributed by atoms with Crippen LogP contribution in [0, 0.1) is 6.92 Å². The molecule has 8 nitrogen and oxygen atoms in total. The van der Waals surface area contributed by atoms with Crippen molar-refractivity contribution in [3.8, 4) is 0 Å². The van der Waals surface area contributed by atoms with Crippen LogP contribution < -0.4 is 5.32 Å². The molecule has 2 rings (SSSR count). The average Bonchev–Trinajstić information content (AvgIpc) is 2.99. The van der Waals surface area contributed by atoms with E-state index in [1.54, 1.807) is 6.92 Å². The Hall–Kier alpha value is -2.64. The van der Waals surface area contributed by atoms with Crippen LogP contribution in [0.15, 0.2) is 18.7 Å². The Morgan fingerprint density at radius 3 is 2.79 bits per heavy atom. The zero-order chi connectivity index (χ0) is 13.8. The lowest BCUT2D eigenvalue weighted by atomic mass is 10.1. The molecule has 0 saturated heterocycles. The number of aliphatic carboxylic acids is 1. The molecule has 2 heterocycles. The number of carboxylic acid groups (broad SMARTS) is 1. The molecule has 0 bridgehead atoms. The summed E-state index contributed by atoms with van der Waals surface area (Å²) >= 11 is 0. The van der Waals surface area contributed by atoms with Crippen molar-refractivity contribution in [1.82, 2.24) is 25.5 Å². The number of nitrogens with one attached hydrogen (secondary N) is 3. The summed E-state index contributed by atoms with van der Waals surface area (Å²) in [5.41, 5.74) is 1.55. The minimum atomic E-state index is -1.11. The number of rotatable bonds is 5. The van der Waals surface area contributed by atoms with Gasteiger partial charge in [-0.05, 0) is 6.92 Å². The minimum absolute atomic E-state index is 0.137. The van der Waals surface area contributed by atoms with E-state index in [1.165, 1.54) is 18.7 Å². The van der Waals surface area contributed by atoms with Crippen LogP contribution in [-0.2, 0) is 11.2 Å². The van der Waals surface area contributed by atoms with Gasteiger partial charge in [-0.3, -0.25) is 9.89 Å². The summed E-state index contributed by atoms with van der Waals surface area (Å²) in [4.78, 5) is 29.7. The van der Waals surface area contributed by atoms with Crippen molar-refractivity contribution in [2.45, 2.75) is 19.4 Å². The van der Waals surface area contributed by atoms with Crippen LogP contribution in [0.2, 0.25) is 0 Å². The summed E-state index contributed by atoms with van der Waals surface area (Å²) in [6, 6.07) is -1.03. The minimum Gasteiger partial charge on any atom is -0.480 e. The van der Waals surface area contributed by atoms with E-state index in [1.807, 2.05) is 0 Å². The summed E-state index contributed by atoms with van der Waals surface area (Å²) in [5.74, 6) is -1.58. The Morgan fingerprint density at radius 1 is 1.47 bits per heavy atom. The molecule has 4 N–H and O–H groups in total. The van der Waals surface area contributed by atoms with Crippen molar-refractivity contribution in [3.05, 3.63) is 35.7 Å². The van der Waals surface area contributed by atoms with Crippen molar-refractivity contribution in [2.24, 2.45) is 0 Å². The third-order valence-electron chi connectivity index (χ3n) is 2.66. The van der Waals surface area contributed by atoms with E-state index in [-0.39, 0.29) is 6.42 Å². The molecule has 1 atom stereocenters. The lowest BCUT2D eigenvalue weighted by Gasteiger charge is -2.13. The van der Waals surface area contributed by atoms with Crippen LogP contribution >= 0.6 is 0 Å². The highest BCUT2D eigenvalue weighted by molar-refractivity contribution is 5.97. The molecule has 0 fully saturated rings. The molecule has 2 aromatic rings. The smallest absolute Gasteiger partial charge is 0.326 e. The predicted octanol–water partition coefficient (Wildman–Crippen LogP) is -0.133. The van der Waals surface area contributed by atoms with Crippen molar-refractivity contribution < 1.29 is 14.7 Å². The van der Waals surface area contributed by atoms with Crippen LogP contribution in [0.3, 0.4) is 0 Å². The van der Waals surface area contributed by atoms with Gasteiger partial charge in [-0.2, -0.15) is 5.10 Å². The normalized spacial score (nSPS) is 12.1. The van der Waals surface area contributed by atoms with Crippen LogP contribution in [0.5, 0.6) is 0 Å². The zero-order valence-electron chi connectivity index (χ0n) is 10.2. The Kier molecular flexibility index (Phi) is 3.60. The number of carboxylic acids is 1. The van der Waals surface area contributed by atoms with Gasteiger partial charge in [-0.25, -0.2) is 9.78 Å². The zero-order valence-corrected chi connectivity index (χ0v) is 10.2. The largest absolute Gasteiger partial charge is 0.480 e. The molecule has 0 aliphatic heterocycles. The van der Waals surface area contributed by atoms with Crippen LogP contribution in [0.25, 0.3) is 0 Å². The van der Waals surface area contributed by atoms with Gasteiger partial charge in [0.25, 0.3) is 5.91 Å². The Labute approximate surface area is 108 Å². The maximum Gasteiger partial charge on any atom is 0.326 e. The van der Waals surface area contributed by atoms with Crippen molar-refractivity contribution >= 4 is 11.9 Å². The maximum atomic E-state index is 11.9. The first-order valence-corrected chi connectivity index (χ1v) is 5.59. The fourth-order valence-electron chi connectivity index (χ4n) is 1.63. The number of carbonyl (C=O) groups is 2. The van der Waals surface area contributed by atoms with E-state index in [0.717, 1.165) is 0 Å². The number of H-pyrrole nitrogens is 2. The monoisotopic (exact) mass is 263 g/mol. The number of amides is 1. The topological polar surface area (TPSA) is 124 Å². The first-order chi connectivity index (χ1) is 9.08. The van der Waals surface area contributed by atoms with Gasteiger partial charge in [0.2, 0.25) is 0 Å². The van der Waals surface area contributed by atoms with E-state index in [0.29, 0.717) is 17.0 Å². The van der Waals surface area contributed by atoms with Crippen LogP contribution in [0.1, 0.15) is 21.7 Å². The third-order valence-corrected chi connectivity index (χ3v) is 2.66. The molecule has 0 aliphatic rings. The quantitative estimate of drug-likeness (QED) is 0.598. The lowest BCUT2D eigenvalue weighted by molar-refractivity contribution is -0.139. The van der Waals surface area contributed by atoms with Gasteiger partial charge in [0.05, 0.1) is 18.1 Å². The summed E-state index contributed by atoms with van der Waals surface area (Å²) in [7, 11) is 0. The molecule has 1 amide bonds. The number of carbonyl (C=O) groups excluding carboxylic acids is 1. The lowest BCUT2D eigenvalue weighted by Crippen LogP contribution is -2.42. The highest BCUT2D eigenvalue weighted by atomic mass is 16.4. The van der Waals surface area contributed by atoms with Gasteiger partial charge in [0, 0.05) is 24.0 Å². The van der Waals surface area contributed by atoms with Gasteiger partial charge in [0.1, 0.15) is 6.04 Å². The van der Waals surface area contributed by atoms with E-state index in [9.17, 15) is 9.59 Å². The fraction of sp³-hybridized carbons (Fsp3) is 0.273. The van der Waals surface area contributed by atoms with Gasteiger partial charge in [-0.15, -0.1) is 0 Å². The number of nitrogens with zero attached hydrogens (tertiary/aromatic N) is 2.